The van der Waals surface area contributed by atoms with Gasteiger partial charge >= 0.3 is 0 Å². The minimum atomic E-state index is 0.636. The third-order valence-electron chi connectivity index (χ3n) is 3.40. The summed E-state index contributed by atoms with van der Waals surface area (Å²) in [5, 5.41) is 12.2. The van der Waals surface area contributed by atoms with E-state index in [0.717, 1.165) is 41.6 Å². The van der Waals surface area contributed by atoms with E-state index >= 15 is 0 Å². The van der Waals surface area contributed by atoms with Crippen molar-refractivity contribution in [2.75, 3.05) is 11.9 Å². The lowest BCUT2D eigenvalue weighted by Crippen LogP contribution is -2.29. The van der Waals surface area contributed by atoms with Crippen LogP contribution < -0.4 is 10.6 Å². The molecule has 0 aliphatic heterocycles. The Balaban J connectivity index is 1.74. The van der Waals surface area contributed by atoms with Gasteiger partial charge in [-0.25, -0.2) is 0 Å². The van der Waals surface area contributed by atoms with E-state index in [1.54, 1.807) is 0 Å². The first-order valence-corrected chi connectivity index (χ1v) is 8.07. The molecule has 118 valence electrons. The Bertz CT molecular complexity index is 666. The third-order valence-corrected chi connectivity index (χ3v) is 4.19. The van der Waals surface area contributed by atoms with Gasteiger partial charge in [0.25, 0.3) is 0 Å². The van der Waals surface area contributed by atoms with Crippen molar-refractivity contribution in [3.8, 4) is 0 Å². The Kier molecular flexibility index (Phi) is 5.80. The Morgan fingerprint density at radius 1 is 1.32 bits per heavy atom. The number of rotatable bonds is 5. The highest BCUT2D eigenvalue weighted by molar-refractivity contribution is 7.80. The second-order valence-electron chi connectivity index (χ2n) is 5.31. The van der Waals surface area contributed by atoms with Crippen molar-refractivity contribution in [2.45, 2.75) is 33.7 Å². The summed E-state index contributed by atoms with van der Waals surface area (Å²) in [6, 6.07) is 8.12. The van der Waals surface area contributed by atoms with Crippen LogP contribution in [0.1, 0.15) is 23.4 Å². The Morgan fingerprint density at radius 3 is 2.73 bits per heavy atom. The molecule has 0 saturated carbocycles. The third kappa shape index (κ3) is 4.45. The lowest BCUT2D eigenvalue weighted by atomic mass is 10.2. The number of aryl methyl sites for hydroxylation is 3. The van der Waals surface area contributed by atoms with E-state index < -0.39 is 0 Å². The summed E-state index contributed by atoms with van der Waals surface area (Å²) in [5.74, 6) is 0. The normalized spacial score (nSPS) is 10.5. The fraction of sp³-hybridized carbons (Fsp3) is 0.375. The highest BCUT2D eigenvalue weighted by Gasteiger charge is 2.08. The van der Waals surface area contributed by atoms with E-state index in [2.05, 4.69) is 34.8 Å². The van der Waals surface area contributed by atoms with Crippen LogP contribution in [0, 0.1) is 20.8 Å². The van der Waals surface area contributed by atoms with E-state index in [4.69, 9.17) is 23.8 Å². The molecule has 1 aromatic heterocycles. The maximum atomic E-state index is 6.13. The molecule has 0 unspecified atom stereocenters. The van der Waals surface area contributed by atoms with Gasteiger partial charge in [0.1, 0.15) is 0 Å². The number of nitrogens with one attached hydrogen (secondary N) is 2. The largest absolute Gasteiger partial charge is 0.362 e. The molecule has 0 aliphatic carbocycles. The zero-order valence-corrected chi connectivity index (χ0v) is 14.7. The molecule has 6 heteroatoms. The number of hydrogen-bond donors (Lipinski definition) is 2. The second kappa shape index (κ2) is 7.61. The Morgan fingerprint density at radius 2 is 2.09 bits per heavy atom. The summed E-state index contributed by atoms with van der Waals surface area (Å²) in [5.41, 5.74) is 4.10. The van der Waals surface area contributed by atoms with Gasteiger partial charge in [-0.3, -0.25) is 4.68 Å². The number of anilines is 1. The average Bonchev–Trinajstić information content (AvgIpc) is 2.71. The van der Waals surface area contributed by atoms with Gasteiger partial charge in [0.05, 0.1) is 16.4 Å². The molecule has 2 N–H and O–H groups in total. The molecule has 0 fully saturated rings. The summed E-state index contributed by atoms with van der Waals surface area (Å²) in [6.07, 6.45) is 0.925. The average molecular weight is 337 g/mol. The SMILES string of the molecule is Cc1cccc(NC(=S)NCCCn2nc(C)c(Cl)c2C)c1. The molecule has 0 saturated heterocycles. The van der Waals surface area contributed by atoms with Crippen molar-refractivity contribution in [3.63, 3.8) is 0 Å². The maximum absolute atomic E-state index is 6.13. The lowest BCUT2D eigenvalue weighted by molar-refractivity contribution is 0.558. The summed E-state index contributed by atoms with van der Waals surface area (Å²) in [4.78, 5) is 0. The summed E-state index contributed by atoms with van der Waals surface area (Å²) in [6.45, 7) is 7.57. The summed E-state index contributed by atoms with van der Waals surface area (Å²) < 4.78 is 1.94. The predicted octanol–water partition coefficient (Wildman–Crippen LogP) is 3.84. The van der Waals surface area contributed by atoms with Gasteiger partial charge in [0.15, 0.2) is 5.11 Å². The molecule has 22 heavy (non-hydrogen) atoms. The number of nitrogens with zero attached hydrogens (tertiary/aromatic N) is 2. The Labute approximate surface area is 141 Å². The second-order valence-corrected chi connectivity index (χ2v) is 6.10. The van der Waals surface area contributed by atoms with Crippen molar-refractivity contribution in [2.24, 2.45) is 0 Å². The molecule has 0 bridgehead atoms. The van der Waals surface area contributed by atoms with Crippen molar-refractivity contribution in [3.05, 3.63) is 46.2 Å². The van der Waals surface area contributed by atoms with E-state index in [1.807, 2.05) is 30.7 Å². The standard InChI is InChI=1S/C16H21ClN4S/c1-11-6-4-7-14(10-11)19-16(22)18-8-5-9-21-13(3)15(17)12(2)20-21/h4,6-7,10H,5,8-9H2,1-3H3,(H2,18,19,22). The molecule has 2 rings (SSSR count). The van der Waals surface area contributed by atoms with Gasteiger partial charge in [0, 0.05) is 18.8 Å². The van der Waals surface area contributed by atoms with E-state index in [-0.39, 0.29) is 0 Å². The topological polar surface area (TPSA) is 41.9 Å². The van der Waals surface area contributed by atoms with Crippen LogP contribution in [-0.2, 0) is 6.54 Å². The molecule has 2 aromatic rings. The number of aromatic nitrogens is 2. The minimum Gasteiger partial charge on any atom is -0.362 e. The van der Waals surface area contributed by atoms with Crippen LogP contribution in [0.4, 0.5) is 5.69 Å². The molecule has 0 aliphatic rings. The molecule has 1 aromatic carbocycles. The van der Waals surface area contributed by atoms with Gasteiger partial charge in [0.2, 0.25) is 0 Å². The molecule has 1 heterocycles. The maximum Gasteiger partial charge on any atom is 0.170 e. The van der Waals surface area contributed by atoms with Crippen LogP contribution in [0.5, 0.6) is 0 Å². The van der Waals surface area contributed by atoms with E-state index in [0.29, 0.717) is 5.11 Å². The fourth-order valence-corrected chi connectivity index (χ4v) is 2.58. The smallest absolute Gasteiger partial charge is 0.170 e. The zero-order chi connectivity index (χ0) is 16.1. The van der Waals surface area contributed by atoms with Gasteiger partial charge in [-0.2, -0.15) is 5.10 Å². The molecular weight excluding hydrogens is 316 g/mol. The van der Waals surface area contributed by atoms with Gasteiger partial charge in [-0.05, 0) is 57.1 Å². The lowest BCUT2D eigenvalue weighted by Gasteiger charge is -2.11. The van der Waals surface area contributed by atoms with Crippen LogP contribution in [0.2, 0.25) is 5.02 Å². The van der Waals surface area contributed by atoms with Crippen molar-refractivity contribution in [1.29, 1.82) is 0 Å². The number of hydrogen-bond acceptors (Lipinski definition) is 2. The Hall–Kier alpha value is -1.59. The number of halogens is 1. The summed E-state index contributed by atoms with van der Waals surface area (Å²) >= 11 is 11.4. The molecule has 0 radical (unpaired) electrons. The number of thiocarbonyl (C=S) groups is 1. The molecule has 0 atom stereocenters. The van der Waals surface area contributed by atoms with Crippen molar-refractivity contribution in [1.82, 2.24) is 15.1 Å². The zero-order valence-electron chi connectivity index (χ0n) is 13.1. The van der Waals surface area contributed by atoms with Crippen LogP contribution >= 0.6 is 23.8 Å². The summed E-state index contributed by atoms with van der Waals surface area (Å²) in [7, 11) is 0. The first kappa shape index (κ1) is 16.8. The van der Waals surface area contributed by atoms with E-state index in [9.17, 15) is 0 Å². The number of benzene rings is 1. The van der Waals surface area contributed by atoms with Crippen molar-refractivity contribution < 1.29 is 0 Å². The highest BCUT2D eigenvalue weighted by atomic mass is 35.5. The molecule has 0 amide bonds. The van der Waals surface area contributed by atoms with Gasteiger partial charge < -0.3 is 10.6 Å². The first-order chi connectivity index (χ1) is 10.5. The van der Waals surface area contributed by atoms with Crippen LogP contribution in [0.3, 0.4) is 0 Å². The predicted molar refractivity (Wildman–Crippen MR) is 96.7 cm³/mol. The molecule has 4 nitrogen and oxygen atoms in total. The van der Waals surface area contributed by atoms with Crippen LogP contribution in [-0.4, -0.2) is 21.4 Å². The van der Waals surface area contributed by atoms with Crippen LogP contribution in [0.15, 0.2) is 24.3 Å². The van der Waals surface area contributed by atoms with Crippen molar-refractivity contribution >= 4 is 34.6 Å². The van der Waals surface area contributed by atoms with Crippen LogP contribution in [0.25, 0.3) is 0 Å². The minimum absolute atomic E-state index is 0.636. The fourth-order valence-electron chi connectivity index (χ4n) is 2.22. The highest BCUT2D eigenvalue weighted by Crippen LogP contribution is 2.18. The van der Waals surface area contributed by atoms with E-state index in [1.165, 1.54) is 5.56 Å². The quantitative estimate of drug-likeness (QED) is 0.643. The van der Waals surface area contributed by atoms with Gasteiger partial charge in [-0.15, -0.1) is 0 Å². The molecule has 0 spiro atoms. The monoisotopic (exact) mass is 336 g/mol. The molecular formula is C16H21ClN4S. The van der Waals surface area contributed by atoms with Gasteiger partial charge in [-0.1, -0.05) is 23.7 Å². The first-order valence-electron chi connectivity index (χ1n) is 7.28.